The highest BCUT2D eigenvalue weighted by atomic mass is 19.1. The molecule has 138 valence electrons. The normalized spacial score (nSPS) is 10.5. The van der Waals surface area contributed by atoms with Gasteiger partial charge in [-0.05, 0) is 55.8 Å². The van der Waals surface area contributed by atoms with Crippen molar-refractivity contribution < 1.29 is 18.7 Å². The van der Waals surface area contributed by atoms with Crippen LogP contribution < -0.4 is 15.0 Å². The molecule has 0 saturated carbocycles. The molecule has 26 heavy (non-hydrogen) atoms. The molecule has 0 atom stereocenters. The van der Waals surface area contributed by atoms with E-state index >= 15 is 0 Å². The van der Waals surface area contributed by atoms with Crippen molar-refractivity contribution >= 4 is 17.5 Å². The molecule has 0 aliphatic rings. The molecule has 0 fully saturated rings. The van der Waals surface area contributed by atoms with Crippen molar-refractivity contribution in [1.82, 2.24) is 5.32 Å². The molecule has 5 nitrogen and oxygen atoms in total. The number of ether oxygens (including phenoxy) is 1. The van der Waals surface area contributed by atoms with E-state index in [0.717, 1.165) is 5.56 Å². The van der Waals surface area contributed by atoms with E-state index in [1.807, 2.05) is 13.8 Å². The van der Waals surface area contributed by atoms with Gasteiger partial charge in [-0.1, -0.05) is 12.1 Å². The zero-order valence-corrected chi connectivity index (χ0v) is 15.2. The molecule has 0 aliphatic carbocycles. The van der Waals surface area contributed by atoms with E-state index in [9.17, 15) is 14.0 Å². The maximum Gasteiger partial charge on any atom is 0.240 e. The number of benzene rings is 2. The van der Waals surface area contributed by atoms with Crippen LogP contribution in [-0.4, -0.2) is 24.5 Å². The minimum atomic E-state index is -0.326. The van der Waals surface area contributed by atoms with Gasteiger partial charge in [-0.3, -0.25) is 9.59 Å². The molecular formula is C20H23FN2O3. The monoisotopic (exact) mass is 358 g/mol. The van der Waals surface area contributed by atoms with Crippen LogP contribution in [0.3, 0.4) is 0 Å². The second-order valence-electron chi connectivity index (χ2n) is 6.17. The summed E-state index contributed by atoms with van der Waals surface area (Å²) in [5.74, 6) is -0.160. The molecule has 2 aromatic carbocycles. The molecule has 0 unspecified atom stereocenters. The van der Waals surface area contributed by atoms with Gasteiger partial charge in [-0.2, -0.15) is 0 Å². The van der Waals surface area contributed by atoms with Gasteiger partial charge in [-0.15, -0.1) is 0 Å². The maximum absolute atomic E-state index is 12.9. The topological polar surface area (TPSA) is 58.6 Å². The van der Waals surface area contributed by atoms with E-state index < -0.39 is 0 Å². The standard InChI is InChI=1S/C20H23FN2O3/c1-14(2)26-19-10-8-18(9-11-19)23(15(3)24)13-20(25)22-12-16-4-6-17(21)7-5-16/h4-11,14H,12-13H2,1-3H3,(H,22,25). The summed E-state index contributed by atoms with van der Waals surface area (Å²) in [5.41, 5.74) is 1.40. The Morgan fingerprint density at radius 3 is 2.23 bits per heavy atom. The van der Waals surface area contributed by atoms with Crippen molar-refractivity contribution in [2.45, 2.75) is 33.4 Å². The summed E-state index contributed by atoms with van der Waals surface area (Å²) in [6.07, 6.45) is 0.0574. The summed E-state index contributed by atoms with van der Waals surface area (Å²) in [6, 6.07) is 12.9. The van der Waals surface area contributed by atoms with Crippen LogP contribution in [0.15, 0.2) is 48.5 Å². The summed E-state index contributed by atoms with van der Waals surface area (Å²) in [5, 5.41) is 2.73. The van der Waals surface area contributed by atoms with Crippen LogP contribution in [0.2, 0.25) is 0 Å². The van der Waals surface area contributed by atoms with Gasteiger partial charge in [0.05, 0.1) is 6.10 Å². The highest BCUT2D eigenvalue weighted by Gasteiger charge is 2.16. The van der Waals surface area contributed by atoms with Crippen molar-refractivity contribution in [2.24, 2.45) is 0 Å². The highest BCUT2D eigenvalue weighted by Crippen LogP contribution is 2.20. The number of hydrogen-bond donors (Lipinski definition) is 1. The Labute approximate surface area is 152 Å². The first-order valence-electron chi connectivity index (χ1n) is 8.41. The van der Waals surface area contributed by atoms with Gasteiger partial charge in [-0.25, -0.2) is 4.39 Å². The Morgan fingerprint density at radius 1 is 1.08 bits per heavy atom. The predicted molar refractivity (Wildman–Crippen MR) is 98.5 cm³/mol. The Kier molecular flexibility index (Phi) is 6.72. The molecule has 0 bridgehead atoms. The molecule has 2 amide bonds. The number of rotatable bonds is 7. The average molecular weight is 358 g/mol. The Hall–Kier alpha value is -2.89. The average Bonchev–Trinajstić information content (AvgIpc) is 2.59. The molecule has 0 radical (unpaired) electrons. The number of nitrogens with zero attached hydrogens (tertiary/aromatic N) is 1. The molecular weight excluding hydrogens is 335 g/mol. The number of nitrogens with one attached hydrogen (secondary N) is 1. The van der Waals surface area contributed by atoms with Crippen molar-refractivity contribution in [3.8, 4) is 5.75 Å². The van der Waals surface area contributed by atoms with Crippen molar-refractivity contribution in [3.63, 3.8) is 0 Å². The van der Waals surface area contributed by atoms with Gasteiger partial charge >= 0.3 is 0 Å². The number of hydrogen-bond acceptors (Lipinski definition) is 3. The van der Waals surface area contributed by atoms with E-state index in [-0.39, 0.29) is 36.8 Å². The van der Waals surface area contributed by atoms with Crippen LogP contribution in [0.25, 0.3) is 0 Å². The Morgan fingerprint density at radius 2 is 1.69 bits per heavy atom. The van der Waals surface area contributed by atoms with Crippen molar-refractivity contribution in [3.05, 3.63) is 59.9 Å². The number of carbonyl (C=O) groups excluding carboxylic acids is 2. The third kappa shape index (κ3) is 5.88. The van der Waals surface area contributed by atoms with Gasteiger partial charge in [0.15, 0.2) is 0 Å². The van der Waals surface area contributed by atoms with E-state index in [4.69, 9.17) is 4.74 Å². The predicted octanol–water partition coefficient (Wildman–Crippen LogP) is 3.28. The molecule has 0 saturated heterocycles. The maximum atomic E-state index is 12.9. The number of anilines is 1. The van der Waals surface area contributed by atoms with Crippen LogP contribution in [0.5, 0.6) is 5.75 Å². The van der Waals surface area contributed by atoms with Crippen molar-refractivity contribution in [1.29, 1.82) is 0 Å². The van der Waals surface area contributed by atoms with Gasteiger partial charge in [0.2, 0.25) is 11.8 Å². The number of halogens is 1. The lowest BCUT2D eigenvalue weighted by molar-refractivity contribution is -0.123. The van der Waals surface area contributed by atoms with E-state index in [0.29, 0.717) is 11.4 Å². The lowest BCUT2D eigenvalue weighted by Gasteiger charge is -2.21. The minimum Gasteiger partial charge on any atom is -0.491 e. The molecule has 2 aromatic rings. The summed E-state index contributed by atoms with van der Waals surface area (Å²) in [7, 11) is 0. The fraction of sp³-hybridized carbons (Fsp3) is 0.300. The zero-order chi connectivity index (χ0) is 19.1. The molecule has 6 heteroatoms. The van der Waals surface area contributed by atoms with E-state index in [2.05, 4.69) is 5.32 Å². The fourth-order valence-electron chi connectivity index (χ4n) is 2.36. The van der Waals surface area contributed by atoms with Crippen LogP contribution in [0.4, 0.5) is 10.1 Å². The first-order chi connectivity index (χ1) is 12.3. The summed E-state index contributed by atoms with van der Waals surface area (Å²) < 4.78 is 18.5. The SMILES string of the molecule is CC(=O)N(CC(=O)NCc1ccc(F)cc1)c1ccc(OC(C)C)cc1. The van der Waals surface area contributed by atoms with Crippen LogP contribution >= 0.6 is 0 Å². The van der Waals surface area contributed by atoms with Crippen LogP contribution in [0.1, 0.15) is 26.3 Å². The summed E-state index contributed by atoms with van der Waals surface area (Å²) >= 11 is 0. The molecule has 2 rings (SSSR count). The quantitative estimate of drug-likeness (QED) is 0.826. The number of carbonyl (C=O) groups is 2. The molecule has 0 aliphatic heterocycles. The molecule has 0 heterocycles. The fourth-order valence-corrected chi connectivity index (χ4v) is 2.36. The smallest absolute Gasteiger partial charge is 0.240 e. The Bertz CT molecular complexity index is 743. The Balaban J connectivity index is 1.97. The van der Waals surface area contributed by atoms with E-state index in [1.165, 1.54) is 24.0 Å². The largest absolute Gasteiger partial charge is 0.491 e. The van der Waals surface area contributed by atoms with Crippen LogP contribution in [0, 0.1) is 5.82 Å². The lowest BCUT2D eigenvalue weighted by atomic mass is 10.2. The number of amides is 2. The molecule has 0 aromatic heterocycles. The van der Waals surface area contributed by atoms with Gasteiger partial charge in [0.25, 0.3) is 0 Å². The second-order valence-corrected chi connectivity index (χ2v) is 6.17. The first kappa shape index (κ1) is 19.4. The molecule has 1 N–H and O–H groups in total. The summed E-state index contributed by atoms with van der Waals surface area (Å²) in [4.78, 5) is 25.5. The minimum absolute atomic E-state index is 0.0574. The third-order valence-electron chi connectivity index (χ3n) is 3.60. The zero-order valence-electron chi connectivity index (χ0n) is 15.2. The van der Waals surface area contributed by atoms with Crippen molar-refractivity contribution in [2.75, 3.05) is 11.4 Å². The molecule has 0 spiro atoms. The van der Waals surface area contributed by atoms with Crippen LogP contribution in [-0.2, 0) is 16.1 Å². The lowest BCUT2D eigenvalue weighted by Crippen LogP contribution is -2.39. The third-order valence-corrected chi connectivity index (χ3v) is 3.60. The van der Waals surface area contributed by atoms with Gasteiger partial charge in [0.1, 0.15) is 18.1 Å². The van der Waals surface area contributed by atoms with Gasteiger partial charge < -0.3 is 15.0 Å². The summed E-state index contributed by atoms with van der Waals surface area (Å²) in [6.45, 7) is 5.45. The first-order valence-corrected chi connectivity index (χ1v) is 8.41. The second kappa shape index (κ2) is 8.99. The van der Waals surface area contributed by atoms with E-state index in [1.54, 1.807) is 36.4 Å². The highest BCUT2D eigenvalue weighted by molar-refractivity contribution is 5.97. The van der Waals surface area contributed by atoms with Gasteiger partial charge in [0, 0.05) is 19.2 Å².